The van der Waals surface area contributed by atoms with Crippen molar-refractivity contribution in [3.63, 3.8) is 0 Å². The smallest absolute Gasteiger partial charge is 0.306 e. The van der Waals surface area contributed by atoms with E-state index in [-0.39, 0.29) is 16.9 Å². The fourth-order valence-corrected chi connectivity index (χ4v) is 5.92. The predicted octanol–water partition coefficient (Wildman–Crippen LogP) is 6.73. The second kappa shape index (κ2) is 11.3. The monoisotopic (exact) mass is 476 g/mol. The van der Waals surface area contributed by atoms with E-state index in [1.54, 1.807) is 0 Å². The van der Waals surface area contributed by atoms with Crippen LogP contribution in [0.15, 0.2) is 18.2 Å². The molecule has 0 spiro atoms. The van der Waals surface area contributed by atoms with Gasteiger partial charge in [0.15, 0.2) is 8.32 Å². The third-order valence-electron chi connectivity index (χ3n) is 7.54. The Balaban J connectivity index is 2.13. The zero-order valence-corrected chi connectivity index (χ0v) is 23.5. The molecule has 0 bridgehead atoms. The van der Waals surface area contributed by atoms with Crippen molar-refractivity contribution in [3.05, 3.63) is 23.8 Å². The zero-order valence-electron chi connectivity index (χ0n) is 22.5. The van der Waals surface area contributed by atoms with Crippen LogP contribution in [0.4, 0.5) is 11.4 Å². The minimum atomic E-state index is -1.74. The number of carbonyl (C=O) groups excluding carboxylic acids is 1. The SMILES string of the molecule is COC(=O)C[C@@H](C)c1ccc(N(CC(C)C)C2CCC(O[Si](C)(C)C(C)(C)C)CC2)c(N)c1. The molecule has 0 amide bonds. The molecule has 0 aromatic heterocycles. The number of anilines is 2. The highest BCUT2D eigenvalue weighted by molar-refractivity contribution is 6.74. The highest BCUT2D eigenvalue weighted by atomic mass is 28.4. The van der Waals surface area contributed by atoms with Crippen molar-refractivity contribution in [2.45, 2.75) is 110 Å². The lowest BCUT2D eigenvalue weighted by Crippen LogP contribution is -2.47. The van der Waals surface area contributed by atoms with E-state index in [9.17, 15) is 4.79 Å². The lowest BCUT2D eigenvalue weighted by atomic mass is 9.90. The minimum absolute atomic E-state index is 0.0790. The van der Waals surface area contributed by atoms with E-state index in [2.05, 4.69) is 64.7 Å². The maximum Gasteiger partial charge on any atom is 0.306 e. The number of esters is 1. The molecule has 188 valence electrons. The largest absolute Gasteiger partial charge is 0.469 e. The van der Waals surface area contributed by atoms with Gasteiger partial charge in [-0.25, -0.2) is 0 Å². The number of nitrogen functional groups attached to an aromatic ring is 1. The molecular formula is C27H48N2O3Si. The Bertz CT molecular complexity index is 780. The first-order valence-electron chi connectivity index (χ1n) is 12.7. The summed E-state index contributed by atoms with van der Waals surface area (Å²) in [4.78, 5) is 14.2. The maximum atomic E-state index is 11.7. The molecule has 6 heteroatoms. The first-order chi connectivity index (χ1) is 15.2. The fourth-order valence-electron chi connectivity index (χ4n) is 4.50. The quantitative estimate of drug-likeness (QED) is 0.243. The van der Waals surface area contributed by atoms with E-state index >= 15 is 0 Å². The van der Waals surface area contributed by atoms with E-state index in [1.165, 1.54) is 7.11 Å². The van der Waals surface area contributed by atoms with E-state index in [0.29, 0.717) is 24.5 Å². The normalized spacial score (nSPS) is 20.5. The van der Waals surface area contributed by atoms with Gasteiger partial charge in [0.2, 0.25) is 0 Å². The number of ether oxygens (including phenoxy) is 1. The molecule has 1 aliphatic carbocycles. The summed E-state index contributed by atoms with van der Waals surface area (Å²) in [5.41, 5.74) is 9.58. The van der Waals surface area contributed by atoms with Crippen LogP contribution in [0, 0.1) is 5.92 Å². The van der Waals surface area contributed by atoms with Crippen molar-refractivity contribution >= 4 is 25.7 Å². The Hall–Kier alpha value is -1.53. The number of nitrogens with zero attached hydrogens (tertiary/aromatic N) is 1. The van der Waals surface area contributed by atoms with Gasteiger partial charge in [-0.05, 0) is 73.3 Å². The summed E-state index contributed by atoms with van der Waals surface area (Å²) in [6.45, 7) is 19.2. The van der Waals surface area contributed by atoms with Gasteiger partial charge in [0.1, 0.15) is 0 Å². The van der Waals surface area contributed by atoms with Crippen LogP contribution in [-0.4, -0.2) is 40.1 Å². The van der Waals surface area contributed by atoms with Crippen molar-refractivity contribution in [1.82, 2.24) is 0 Å². The number of benzene rings is 1. The zero-order chi connectivity index (χ0) is 25.0. The van der Waals surface area contributed by atoms with Gasteiger partial charge in [0.25, 0.3) is 0 Å². The van der Waals surface area contributed by atoms with Crippen molar-refractivity contribution in [1.29, 1.82) is 0 Å². The van der Waals surface area contributed by atoms with E-state index in [1.807, 2.05) is 13.0 Å². The molecule has 1 saturated carbocycles. The molecule has 1 aliphatic rings. The molecule has 0 unspecified atom stereocenters. The van der Waals surface area contributed by atoms with Crippen LogP contribution in [0.1, 0.15) is 85.1 Å². The highest BCUT2D eigenvalue weighted by Crippen LogP contribution is 2.40. The Morgan fingerprint density at radius 3 is 2.24 bits per heavy atom. The number of hydrogen-bond acceptors (Lipinski definition) is 5. The number of carbonyl (C=O) groups is 1. The molecule has 33 heavy (non-hydrogen) atoms. The van der Waals surface area contributed by atoms with Crippen LogP contribution in [0.5, 0.6) is 0 Å². The highest BCUT2D eigenvalue weighted by Gasteiger charge is 2.40. The molecule has 2 rings (SSSR count). The van der Waals surface area contributed by atoms with Gasteiger partial charge in [-0.3, -0.25) is 4.79 Å². The molecule has 1 aromatic rings. The molecule has 0 heterocycles. The Morgan fingerprint density at radius 1 is 1.15 bits per heavy atom. The first kappa shape index (κ1) is 27.7. The Labute approximate surface area is 203 Å². The van der Waals surface area contributed by atoms with Crippen LogP contribution in [0.3, 0.4) is 0 Å². The number of rotatable bonds is 9. The maximum absolute atomic E-state index is 11.7. The number of methoxy groups -OCH3 is 1. The number of hydrogen-bond donors (Lipinski definition) is 1. The predicted molar refractivity (Wildman–Crippen MR) is 142 cm³/mol. The molecular weight excluding hydrogens is 428 g/mol. The van der Waals surface area contributed by atoms with E-state index < -0.39 is 8.32 Å². The summed E-state index contributed by atoms with van der Waals surface area (Å²) in [5, 5.41) is 0.245. The van der Waals surface area contributed by atoms with Gasteiger partial charge in [0.05, 0.1) is 24.9 Å². The van der Waals surface area contributed by atoms with Crippen molar-refractivity contribution in [2.75, 3.05) is 24.3 Å². The third-order valence-corrected chi connectivity index (χ3v) is 12.1. The second-order valence-electron chi connectivity index (χ2n) is 11.9. The topological polar surface area (TPSA) is 64.8 Å². The molecule has 2 N–H and O–H groups in total. The summed E-state index contributed by atoms with van der Waals surface area (Å²) < 4.78 is 11.6. The van der Waals surface area contributed by atoms with Gasteiger partial charge in [0, 0.05) is 18.7 Å². The summed E-state index contributed by atoms with van der Waals surface area (Å²) in [5.74, 6) is 0.432. The Morgan fingerprint density at radius 2 is 1.76 bits per heavy atom. The first-order valence-corrected chi connectivity index (χ1v) is 15.6. The lowest BCUT2D eigenvalue weighted by molar-refractivity contribution is -0.140. The van der Waals surface area contributed by atoms with Gasteiger partial charge >= 0.3 is 5.97 Å². The lowest BCUT2D eigenvalue weighted by Gasteiger charge is -2.44. The molecule has 0 saturated heterocycles. The van der Waals surface area contributed by atoms with E-state index in [4.69, 9.17) is 14.9 Å². The van der Waals surface area contributed by atoms with Crippen molar-refractivity contribution < 1.29 is 14.0 Å². The Kier molecular flexibility index (Phi) is 9.46. The van der Waals surface area contributed by atoms with Gasteiger partial charge in [-0.1, -0.05) is 47.6 Å². The second-order valence-corrected chi connectivity index (χ2v) is 16.6. The van der Waals surface area contributed by atoms with Crippen molar-refractivity contribution in [3.8, 4) is 0 Å². The average Bonchev–Trinajstić information content (AvgIpc) is 2.71. The fraction of sp³-hybridized carbons (Fsp3) is 0.741. The molecule has 1 atom stereocenters. The van der Waals surface area contributed by atoms with Gasteiger partial charge in [-0.15, -0.1) is 0 Å². The third kappa shape index (κ3) is 7.48. The molecule has 1 aromatic carbocycles. The van der Waals surface area contributed by atoms with Crippen molar-refractivity contribution in [2.24, 2.45) is 5.92 Å². The van der Waals surface area contributed by atoms with Gasteiger partial charge < -0.3 is 19.8 Å². The van der Waals surface area contributed by atoms with E-state index in [0.717, 1.165) is 49.2 Å². The van der Waals surface area contributed by atoms with Crippen LogP contribution in [0.2, 0.25) is 18.1 Å². The average molecular weight is 477 g/mol. The van der Waals surface area contributed by atoms with Crippen LogP contribution in [-0.2, 0) is 14.0 Å². The molecule has 0 radical (unpaired) electrons. The summed E-state index contributed by atoms with van der Waals surface area (Å²) in [7, 11) is -0.306. The van der Waals surface area contributed by atoms with Gasteiger partial charge in [-0.2, -0.15) is 0 Å². The minimum Gasteiger partial charge on any atom is -0.469 e. The standard InChI is InChI=1S/C27H48N2O3Si/c1-19(2)18-29(22-11-13-23(14-12-22)32-33(8,9)27(4,5)6)25-15-10-21(17-24(25)28)20(3)16-26(30)31-7/h10,15,17,19-20,22-23H,11-14,16,18,28H2,1-9H3/t20-,22?,23?/m1/s1. The summed E-state index contributed by atoms with van der Waals surface area (Å²) in [6, 6.07) is 6.80. The van der Waals surface area contributed by atoms with Crippen LogP contribution in [0.25, 0.3) is 0 Å². The van der Waals surface area contributed by atoms with Crippen LogP contribution >= 0.6 is 0 Å². The summed E-state index contributed by atoms with van der Waals surface area (Å²) >= 11 is 0. The van der Waals surface area contributed by atoms with Crippen LogP contribution < -0.4 is 10.6 Å². The number of nitrogens with two attached hydrogens (primary N) is 1. The molecule has 0 aliphatic heterocycles. The molecule has 1 fully saturated rings. The summed E-state index contributed by atoms with van der Waals surface area (Å²) in [6.07, 6.45) is 5.22. The molecule has 5 nitrogen and oxygen atoms in total.